The van der Waals surface area contributed by atoms with Crippen molar-refractivity contribution in [1.82, 2.24) is 15.5 Å². The molecule has 142 valence electrons. The van der Waals surface area contributed by atoms with Crippen molar-refractivity contribution in [3.05, 3.63) is 59.3 Å². The number of benzene rings is 1. The molecule has 0 radical (unpaired) electrons. The molecule has 1 aromatic heterocycles. The van der Waals surface area contributed by atoms with Gasteiger partial charge in [0.1, 0.15) is 11.6 Å². The largest absolute Gasteiger partial charge is 0.496 e. The number of carbonyl (C=O) groups excluding carboxylic acids is 1. The van der Waals surface area contributed by atoms with Gasteiger partial charge < -0.3 is 15.4 Å². The highest BCUT2D eigenvalue weighted by Gasteiger charge is 2.10. The normalized spacial score (nSPS) is 13.6. The van der Waals surface area contributed by atoms with E-state index in [2.05, 4.69) is 26.9 Å². The van der Waals surface area contributed by atoms with Crippen LogP contribution < -0.4 is 15.4 Å². The van der Waals surface area contributed by atoms with Crippen molar-refractivity contribution in [2.45, 2.75) is 38.6 Å². The molecule has 0 unspecified atom stereocenters. The van der Waals surface area contributed by atoms with Gasteiger partial charge in [-0.15, -0.1) is 10.2 Å². The van der Waals surface area contributed by atoms with E-state index in [-0.39, 0.29) is 5.91 Å². The number of para-hydroxylation sites is 1. The molecule has 6 nitrogen and oxygen atoms in total. The van der Waals surface area contributed by atoms with Gasteiger partial charge in [-0.2, -0.15) is 0 Å². The number of nitrogens with one attached hydrogen (secondary N) is 2. The Bertz CT molecular complexity index is 787. The Kier molecular flexibility index (Phi) is 6.79. The summed E-state index contributed by atoms with van der Waals surface area (Å²) in [5.41, 5.74) is 2.73. The highest BCUT2D eigenvalue weighted by atomic mass is 16.5. The van der Waals surface area contributed by atoms with Crippen LogP contribution in [0.15, 0.2) is 48.0 Å². The molecular weight excluding hydrogens is 340 g/mol. The summed E-state index contributed by atoms with van der Waals surface area (Å²) >= 11 is 0. The fourth-order valence-electron chi connectivity index (χ4n) is 3.15. The zero-order chi connectivity index (χ0) is 18.9. The van der Waals surface area contributed by atoms with Crippen molar-refractivity contribution in [1.29, 1.82) is 0 Å². The maximum Gasteiger partial charge on any atom is 0.272 e. The van der Waals surface area contributed by atoms with Crippen LogP contribution in [-0.4, -0.2) is 29.8 Å². The van der Waals surface area contributed by atoms with Crippen LogP contribution in [-0.2, 0) is 6.54 Å². The highest BCUT2D eigenvalue weighted by Crippen LogP contribution is 2.20. The van der Waals surface area contributed by atoms with Crippen LogP contribution in [0.4, 0.5) is 5.82 Å². The van der Waals surface area contributed by atoms with E-state index in [4.69, 9.17) is 4.74 Å². The molecule has 0 bridgehead atoms. The smallest absolute Gasteiger partial charge is 0.272 e. The molecule has 0 saturated carbocycles. The third-order valence-electron chi connectivity index (χ3n) is 4.67. The van der Waals surface area contributed by atoms with Gasteiger partial charge in [-0.25, -0.2) is 0 Å². The molecule has 3 rings (SSSR count). The third-order valence-corrected chi connectivity index (χ3v) is 4.67. The van der Waals surface area contributed by atoms with Crippen LogP contribution in [0.5, 0.6) is 5.75 Å². The van der Waals surface area contributed by atoms with E-state index in [0.29, 0.717) is 18.1 Å². The molecule has 1 aliphatic rings. The number of methoxy groups -OCH3 is 1. The van der Waals surface area contributed by atoms with E-state index >= 15 is 0 Å². The molecule has 0 fully saturated rings. The number of carbonyl (C=O) groups is 1. The summed E-state index contributed by atoms with van der Waals surface area (Å²) in [5.74, 6) is 1.18. The summed E-state index contributed by atoms with van der Waals surface area (Å²) in [6, 6.07) is 11.1. The summed E-state index contributed by atoms with van der Waals surface area (Å²) in [4.78, 5) is 12.3. The lowest BCUT2D eigenvalue weighted by Gasteiger charge is -2.13. The molecule has 0 aliphatic heterocycles. The van der Waals surface area contributed by atoms with E-state index in [0.717, 1.165) is 24.3 Å². The second-order valence-electron chi connectivity index (χ2n) is 6.58. The summed E-state index contributed by atoms with van der Waals surface area (Å²) in [5, 5.41) is 14.2. The molecule has 0 atom stereocenters. The number of anilines is 1. The zero-order valence-electron chi connectivity index (χ0n) is 15.7. The molecule has 1 amide bonds. The van der Waals surface area contributed by atoms with E-state index in [9.17, 15) is 4.79 Å². The lowest BCUT2D eigenvalue weighted by molar-refractivity contribution is 0.0944. The number of ether oxygens (including phenoxy) is 1. The van der Waals surface area contributed by atoms with Gasteiger partial charge in [0, 0.05) is 18.7 Å². The van der Waals surface area contributed by atoms with Crippen molar-refractivity contribution in [3.8, 4) is 5.75 Å². The van der Waals surface area contributed by atoms with Crippen LogP contribution in [0.25, 0.3) is 0 Å². The fourth-order valence-corrected chi connectivity index (χ4v) is 3.15. The van der Waals surface area contributed by atoms with Crippen LogP contribution in [0.2, 0.25) is 0 Å². The molecule has 6 heteroatoms. The van der Waals surface area contributed by atoms with Gasteiger partial charge >= 0.3 is 0 Å². The molecule has 2 aromatic rings. The Balaban J connectivity index is 1.47. The van der Waals surface area contributed by atoms with Crippen LogP contribution in [0.3, 0.4) is 0 Å². The second-order valence-corrected chi connectivity index (χ2v) is 6.58. The van der Waals surface area contributed by atoms with E-state index in [1.165, 1.54) is 31.3 Å². The van der Waals surface area contributed by atoms with Gasteiger partial charge in [0.05, 0.1) is 7.11 Å². The van der Waals surface area contributed by atoms with Gasteiger partial charge in [0.25, 0.3) is 5.91 Å². The molecule has 1 heterocycles. The summed E-state index contributed by atoms with van der Waals surface area (Å²) < 4.78 is 5.29. The van der Waals surface area contributed by atoms with Crippen LogP contribution in [0, 0.1) is 0 Å². The molecule has 27 heavy (non-hydrogen) atoms. The first-order chi connectivity index (χ1) is 13.3. The van der Waals surface area contributed by atoms with Gasteiger partial charge in [-0.3, -0.25) is 4.79 Å². The Labute approximate surface area is 160 Å². The van der Waals surface area contributed by atoms with Crippen molar-refractivity contribution in [2.75, 3.05) is 19.0 Å². The zero-order valence-corrected chi connectivity index (χ0v) is 15.7. The highest BCUT2D eigenvalue weighted by molar-refractivity contribution is 5.92. The molecule has 2 N–H and O–H groups in total. The lowest BCUT2D eigenvalue weighted by Crippen LogP contribution is -2.24. The molecule has 1 aliphatic carbocycles. The number of hydrogen-bond acceptors (Lipinski definition) is 5. The number of amides is 1. The van der Waals surface area contributed by atoms with Gasteiger partial charge in [-0.1, -0.05) is 29.8 Å². The fraction of sp³-hybridized carbons (Fsp3) is 0.381. The van der Waals surface area contributed by atoms with Crippen molar-refractivity contribution >= 4 is 11.7 Å². The summed E-state index contributed by atoms with van der Waals surface area (Å²) in [6.45, 7) is 1.21. The SMILES string of the molecule is COc1ccccc1CNC(=O)c1ccc(NCCC2=CCCCC2)nn1. The van der Waals surface area contributed by atoms with Crippen molar-refractivity contribution in [3.63, 3.8) is 0 Å². The minimum absolute atomic E-state index is 0.257. The van der Waals surface area contributed by atoms with E-state index in [1.807, 2.05) is 24.3 Å². The second kappa shape index (κ2) is 9.71. The first-order valence-electron chi connectivity index (χ1n) is 9.42. The maximum atomic E-state index is 12.3. The van der Waals surface area contributed by atoms with E-state index < -0.39 is 0 Å². The summed E-state index contributed by atoms with van der Waals surface area (Å²) in [7, 11) is 1.61. The number of aromatic nitrogens is 2. The number of nitrogens with zero attached hydrogens (tertiary/aromatic N) is 2. The van der Waals surface area contributed by atoms with Gasteiger partial charge in [0.15, 0.2) is 5.69 Å². The molecule has 0 spiro atoms. The molecule has 0 saturated heterocycles. The monoisotopic (exact) mass is 366 g/mol. The van der Waals surface area contributed by atoms with E-state index in [1.54, 1.807) is 19.2 Å². The number of rotatable bonds is 8. The lowest BCUT2D eigenvalue weighted by atomic mass is 9.97. The molecule has 1 aromatic carbocycles. The third kappa shape index (κ3) is 5.54. The maximum absolute atomic E-state index is 12.3. The topological polar surface area (TPSA) is 76.1 Å². The predicted molar refractivity (Wildman–Crippen MR) is 106 cm³/mol. The minimum Gasteiger partial charge on any atom is -0.496 e. The Morgan fingerprint density at radius 2 is 2.04 bits per heavy atom. The summed E-state index contributed by atoms with van der Waals surface area (Å²) in [6.07, 6.45) is 8.40. The van der Waals surface area contributed by atoms with Gasteiger partial charge in [-0.05, 0) is 50.3 Å². The standard InChI is InChI=1S/C21H26N4O2/c1-27-19-10-6-5-9-17(19)15-23-21(26)18-11-12-20(25-24-18)22-14-13-16-7-3-2-4-8-16/h5-7,9-12H,2-4,8,13-15H2,1H3,(H,22,25)(H,23,26). The number of allylic oxidation sites excluding steroid dienone is 1. The minimum atomic E-state index is -0.257. The molecular formula is C21H26N4O2. The first-order valence-corrected chi connectivity index (χ1v) is 9.42. The van der Waals surface area contributed by atoms with Crippen molar-refractivity contribution < 1.29 is 9.53 Å². The predicted octanol–water partition coefficient (Wildman–Crippen LogP) is 3.72. The number of hydrogen-bond donors (Lipinski definition) is 2. The van der Waals surface area contributed by atoms with Crippen LogP contribution >= 0.6 is 0 Å². The Hall–Kier alpha value is -2.89. The van der Waals surface area contributed by atoms with Crippen molar-refractivity contribution in [2.24, 2.45) is 0 Å². The van der Waals surface area contributed by atoms with Gasteiger partial charge in [0.2, 0.25) is 0 Å². The Morgan fingerprint density at radius 1 is 1.15 bits per heavy atom. The quantitative estimate of drug-likeness (QED) is 0.697. The average molecular weight is 366 g/mol. The first kappa shape index (κ1) is 18.9. The average Bonchev–Trinajstić information content (AvgIpc) is 2.73. The Morgan fingerprint density at radius 3 is 2.78 bits per heavy atom. The van der Waals surface area contributed by atoms with Crippen LogP contribution in [0.1, 0.15) is 48.2 Å².